The molecular formula is C12H15ClN2O. The highest BCUT2D eigenvalue weighted by Gasteiger charge is 2.36. The smallest absolute Gasteiger partial charge is 0.231 e. The summed E-state index contributed by atoms with van der Waals surface area (Å²) in [6, 6.07) is 5.22. The lowest BCUT2D eigenvalue weighted by Gasteiger charge is -2.21. The first-order valence-electron chi connectivity index (χ1n) is 5.54. The Hall–Kier alpha value is -1.09. The van der Waals surface area contributed by atoms with Crippen molar-refractivity contribution in [1.82, 2.24) is 4.98 Å². The average molecular weight is 239 g/mol. The molecule has 16 heavy (non-hydrogen) atoms. The van der Waals surface area contributed by atoms with Crippen molar-refractivity contribution in [2.75, 3.05) is 5.32 Å². The summed E-state index contributed by atoms with van der Waals surface area (Å²) in [5, 5.41) is 3.23. The third kappa shape index (κ3) is 2.35. The number of hydrogen-bond donors (Lipinski definition) is 1. The fraction of sp³-hybridized carbons (Fsp3) is 0.500. The minimum atomic E-state index is -0.232. The topological polar surface area (TPSA) is 42.0 Å². The van der Waals surface area contributed by atoms with E-state index in [-0.39, 0.29) is 11.3 Å². The van der Waals surface area contributed by atoms with Gasteiger partial charge in [0.1, 0.15) is 11.0 Å². The molecule has 0 unspecified atom stereocenters. The maximum Gasteiger partial charge on any atom is 0.231 e. The molecule has 1 saturated carbocycles. The molecule has 86 valence electrons. The van der Waals surface area contributed by atoms with Crippen molar-refractivity contribution < 1.29 is 4.79 Å². The molecule has 0 spiro atoms. The minimum Gasteiger partial charge on any atom is -0.310 e. The van der Waals surface area contributed by atoms with Crippen molar-refractivity contribution >= 4 is 23.3 Å². The maximum atomic E-state index is 12.1. The standard InChI is InChI=1S/C12H15ClN2O/c1-12(7-2-3-8-12)11(16)15-10-6-4-5-9(13)14-10/h4-6H,2-3,7-8H2,1H3,(H,14,15,16). The van der Waals surface area contributed by atoms with E-state index in [1.165, 1.54) is 0 Å². The molecule has 3 nitrogen and oxygen atoms in total. The quantitative estimate of drug-likeness (QED) is 0.804. The van der Waals surface area contributed by atoms with Gasteiger partial charge in [0.25, 0.3) is 0 Å². The summed E-state index contributed by atoms with van der Waals surface area (Å²) in [6.07, 6.45) is 4.18. The van der Waals surface area contributed by atoms with Crippen molar-refractivity contribution in [3.05, 3.63) is 23.4 Å². The van der Waals surface area contributed by atoms with Gasteiger partial charge in [-0.05, 0) is 25.0 Å². The second-order valence-corrected chi connectivity index (χ2v) is 4.95. The first-order valence-corrected chi connectivity index (χ1v) is 5.92. The second kappa shape index (κ2) is 4.42. The molecule has 1 aromatic heterocycles. The number of rotatable bonds is 2. The number of carbonyl (C=O) groups is 1. The summed E-state index contributed by atoms with van der Waals surface area (Å²) in [6.45, 7) is 2.01. The van der Waals surface area contributed by atoms with E-state index < -0.39 is 0 Å². The summed E-state index contributed by atoms with van der Waals surface area (Å²) >= 11 is 5.76. The molecule has 0 aliphatic heterocycles. The third-order valence-electron chi connectivity index (χ3n) is 3.21. The number of anilines is 1. The molecule has 1 fully saturated rings. The second-order valence-electron chi connectivity index (χ2n) is 4.57. The molecule has 1 aliphatic carbocycles. The van der Waals surface area contributed by atoms with E-state index in [0.29, 0.717) is 11.0 Å². The highest BCUT2D eigenvalue weighted by molar-refractivity contribution is 6.29. The van der Waals surface area contributed by atoms with Crippen LogP contribution in [-0.4, -0.2) is 10.9 Å². The molecule has 0 saturated heterocycles. The van der Waals surface area contributed by atoms with E-state index in [2.05, 4.69) is 10.3 Å². The van der Waals surface area contributed by atoms with Gasteiger partial charge in [0.05, 0.1) is 0 Å². The molecular weight excluding hydrogens is 224 g/mol. The average Bonchev–Trinajstić information content (AvgIpc) is 2.66. The summed E-state index contributed by atoms with van der Waals surface area (Å²) in [7, 11) is 0. The predicted octanol–water partition coefficient (Wildman–Crippen LogP) is 3.25. The summed E-state index contributed by atoms with van der Waals surface area (Å²) in [4.78, 5) is 16.1. The number of amides is 1. The highest BCUT2D eigenvalue weighted by Crippen LogP contribution is 2.38. The monoisotopic (exact) mass is 238 g/mol. The predicted molar refractivity (Wildman–Crippen MR) is 64.5 cm³/mol. The fourth-order valence-corrected chi connectivity index (χ4v) is 2.29. The molecule has 0 atom stereocenters. The van der Waals surface area contributed by atoms with Crippen LogP contribution in [0.15, 0.2) is 18.2 Å². The number of halogens is 1. The minimum absolute atomic E-state index is 0.0553. The Bertz CT molecular complexity index is 400. The van der Waals surface area contributed by atoms with Crippen LogP contribution in [0.3, 0.4) is 0 Å². The van der Waals surface area contributed by atoms with Gasteiger partial charge in [-0.1, -0.05) is 37.4 Å². The highest BCUT2D eigenvalue weighted by atomic mass is 35.5. The summed E-state index contributed by atoms with van der Waals surface area (Å²) in [5.74, 6) is 0.588. The molecule has 0 aromatic carbocycles. The molecule has 1 N–H and O–H groups in total. The van der Waals surface area contributed by atoms with Crippen molar-refractivity contribution in [2.45, 2.75) is 32.6 Å². The van der Waals surface area contributed by atoms with Crippen molar-refractivity contribution in [3.8, 4) is 0 Å². The van der Waals surface area contributed by atoms with Crippen LogP contribution in [0.5, 0.6) is 0 Å². The number of pyridine rings is 1. The Morgan fingerprint density at radius 3 is 2.75 bits per heavy atom. The molecule has 1 amide bonds. The van der Waals surface area contributed by atoms with Crippen LogP contribution < -0.4 is 5.32 Å². The summed E-state index contributed by atoms with van der Waals surface area (Å²) < 4.78 is 0. The van der Waals surface area contributed by atoms with Crippen LogP contribution in [0.25, 0.3) is 0 Å². The van der Waals surface area contributed by atoms with E-state index in [0.717, 1.165) is 25.7 Å². The van der Waals surface area contributed by atoms with Gasteiger partial charge in [-0.2, -0.15) is 0 Å². The SMILES string of the molecule is CC1(C(=O)Nc2cccc(Cl)n2)CCCC1. The van der Waals surface area contributed by atoms with Gasteiger partial charge < -0.3 is 5.32 Å². The van der Waals surface area contributed by atoms with Gasteiger partial charge in [0.2, 0.25) is 5.91 Å². The largest absolute Gasteiger partial charge is 0.310 e. The molecule has 2 rings (SSSR count). The maximum absolute atomic E-state index is 12.1. The number of nitrogens with one attached hydrogen (secondary N) is 1. The Morgan fingerprint density at radius 1 is 1.44 bits per heavy atom. The van der Waals surface area contributed by atoms with Crippen molar-refractivity contribution in [3.63, 3.8) is 0 Å². The van der Waals surface area contributed by atoms with Gasteiger partial charge in [-0.25, -0.2) is 4.98 Å². The zero-order chi connectivity index (χ0) is 11.6. The molecule has 1 aromatic rings. The van der Waals surface area contributed by atoms with Crippen LogP contribution in [0.1, 0.15) is 32.6 Å². The fourth-order valence-electron chi connectivity index (χ4n) is 2.13. The Morgan fingerprint density at radius 2 is 2.12 bits per heavy atom. The number of nitrogens with zero attached hydrogens (tertiary/aromatic N) is 1. The van der Waals surface area contributed by atoms with E-state index in [1.54, 1.807) is 18.2 Å². The van der Waals surface area contributed by atoms with Gasteiger partial charge in [-0.3, -0.25) is 4.79 Å². The lowest BCUT2D eigenvalue weighted by molar-refractivity contribution is -0.124. The number of hydrogen-bond acceptors (Lipinski definition) is 2. The van der Waals surface area contributed by atoms with E-state index in [4.69, 9.17) is 11.6 Å². The van der Waals surface area contributed by atoms with Gasteiger partial charge in [-0.15, -0.1) is 0 Å². The molecule has 1 heterocycles. The lowest BCUT2D eigenvalue weighted by atomic mass is 9.88. The van der Waals surface area contributed by atoms with E-state index >= 15 is 0 Å². The zero-order valence-electron chi connectivity index (χ0n) is 9.29. The van der Waals surface area contributed by atoms with Crippen molar-refractivity contribution in [2.24, 2.45) is 5.41 Å². The first kappa shape index (κ1) is 11.4. The van der Waals surface area contributed by atoms with Gasteiger partial charge in [0.15, 0.2) is 0 Å². The third-order valence-corrected chi connectivity index (χ3v) is 3.42. The van der Waals surface area contributed by atoms with Crippen LogP contribution in [-0.2, 0) is 4.79 Å². The lowest BCUT2D eigenvalue weighted by Crippen LogP contribution is -2.31. The number of carbonyl (C=O) groups excluding carboxylic acids is 1. The molecule has 1 aliphatic rings. The van der Waals surface area contributed by atoms with Gasteiger partial charge in [0, 0.05) is 5.41 Å². The van der Waals surface area contributed by atoms with Gasteiger partial charge >= 0.3 is 0 Å². The normalized spacial score (nSPS) is 18.4. The Balaban J connectivity index is 2.07. The van der Waals surface area contributed by atoms with Crippen LogP contribution in [0, 0.1) is 5.41 Å². The van der Waals surface area contributed by atoms with Crippen LogP contribution in [0.4, 0.5) is 5.82 Å². The van der Waals surface area contributed by atoms with Crippen LogP contribution >= 0.6 is 11.6 Å². The Kier molecular flexibility index (Phi) is 3.15. The Labute approximate surface area is 100 Å². The summed E-state index contributed by atoms with van der Waals surface area (Å²) in [5.41, 5.74) is -0.232. The van der Waals surface area contributed by atoms with Crippen molar-refractivity contribution in [1.29, 1.82) is 0 Å². The van der Waals surface area contributed by atoms with Crippen LogP contribution in [0.2, 0.25) is 5.15 Å². The zero-order valence-corrected chi connectivity index (χ0v) is 10.0. The van der Waals surface area contributed by atoms with E-state index in [9.17, 15) is 4.79 Å². The molecule has 0 radical (unpaired) electrons. The first-order chi connectivity index (χ1) is 7.60. The molecule has 0 bridgehead atoms. The number of aromatic nitrogens is 1. The molecule has 4 heteroatoms. The van der Waals surface area contributed by atoms with E-state index in [1.807, 2.05) is 6.92 Å².